The number of para-hydroxylation sites is 4. The van der Waals surface area contributed by atoms with Gasteiger partial charge in [0.05, 0.1) is 24.8 Å². The van der Waals surface area contributed by atoms with Gasteiger partial charge >= 0.3 is 0 Å². The van der Waals surface area contributed by atoms with Crippen LogP contribution in [-0.2, 0) is 4.79 Å². The van der Waals surface area contributed by atoms with Gasteiger partial charge in [-0.05, 0) is 48.0 Å². The lowest BCUT2D eigenvalue weighted by molar-refractivity contribution is -0.113. The third kappa shape index (κ3) is 5.35. The van der Waals surface area contributed by atoms with Gasteiger partial charge in [0, 0.05) is 0 Å². The molecule has 6 nitrogen and oxygen atoms in total. The second kappa shape index (κ2) is 11.1. The third-order valence-electron chi connectivity index (χ3n) is 4.98. The molecule has 8 heteroatoms. The number of carbonyl (C=O) groups is 1. The van der Waals surface area contributed by atoms with Gasteiger partial charge < -0.3 is 18.9 Å². The zero-order chi connectivity index (χ0) is 23.9. The van der Waals surface area contributed by atoms with Gasteiger partial charge in [0.2, 0.25) is 0 Å². The number of hydrogen-bond acceptors (Lipinski definition) is 7. The molecule has 0 aromatic heterocycles. The molecule has 0 atom stereocenters. The first-order chi connectivity index (χ1) is 16.6. The predicted octanol–water partition coefficient (Wildman–Crippen LogP) is 5.57. The smallest absolute Gasteiger partial charge is 0.270 e. The molecule has 174 valence electrons. The Kier molecular flexibility index (Phi) is 7.72. The average Bonchev–Trinajstić information content (AvgIpc) is 3.15. The standard InChI is InChI=1S/C26H23NO5S2/c1-29-21-8-4-3-7-20(21)27-25(28)24(34-26(27)33)17-18-11-13-19(14-12-18)31-15-16-32-23-10-6-5-9-22(23)30-2/h3-14,17H,15-16H2,1-2H3/b24-17-. The van der Waals surface area contributed by atoms with Crippen LogP contribution in [0.25, 0.3) is 6.08 Å². The molecule has 1 heterocycles. The fourth-order valence-electron chi connectivity index (χ4n) is 3.35. The van der Waals surface area contributed by atoms with E-state index in [1.54, 1.807) is 20.3 Å². The zero-order valence-electron chi connectivity index (χ0n) is 18.7. The van der Waals surface area contributed by atoms with Crippen molar-refractivity contribution in [2.75, 3.05) is 32.3 Å². The number of amides is 1. The van der Waals surface area contributed by atoms with E-state index in [-0.39, 0.29) is 5.91 Å². The Morgan fingerprint density at radius 1 is 0.824 bits per heavy atom. The van der Waals surface area contributed by atoms with Crippen LogP contribution in [0.2, 0.25) is 0 Å². The normalized spacial score (nSPS) is 14.4. The van der Waals surface area contributed by atoms with Gasteiger partial charge in [-0.25, -0.2) is 0 Å². The largest absolute Gasteiger partial charge is 0.495 e. The van der Waals surface area contributed by atoms with Crippen LogP contribution in [0.3, 0.4) is 0 Å². The minimum atomic E-state index is -0.173. The molecule has 0 aliphatic carbocycles. The molecule has 0 spiro atoms. The second-order valence-electron chi connectivity index (χ2n) is 7.11. The molecule has 0 unspecified atom stereocenters. The first-order valence-corrected chi connectivity index (χ1v) is 11.7. The van der Waals surface area contributed by atoms with E-state index < -0.39 is 0 Å². The first-order valence-electron chi connectivity index (χ1n) is 10.5. The monoisotopic (exact) mass is 493 g/mol. The molecule has 1 amide bonds. The Morgan fingerprint density at radius 2 is 1.44 bits per heavy atom. The zero-order valence-corrected chi connectivity index (χ0v) is 20.4. The Hall–Kier alpha value is -3.49. The fourth-order valence-corrected chi connectivity index (χ4v) is 4.64. The highest BCUT2D eigenvalue weighted by atomic mass is 32.2. The first kappa shape index (κ1) is 23.7. The number of hydrogen-bond donors (Lipinski definition) is 0. The van der Waals surface area contributed by atoms with Crippen molar-refractivity contribution in [1.82, 2.24) is 0 Å². The molecular formula is C26H23NO5S2. The van der Waals surface area contributed by atoms with E-state index in [0.717, 1.165) is 5.56 Å². The number of ether oxygens (including phenoxy) is 4. The topological polar surface area (TPSA) is 57.2 Å². The van der Waals surface area contributed by atoms with Crippen LogP contribution in [-0.4, -0.2) is 37.7 Å². The highest BCUT2D eigenvalue weighted by Crippen LogP contribution is 2.39. The van der Waals surface area contributed by atoms with Gasteiger partial charge in [0.15, 0.2) is 15.8 Å². The Balaban J connectivity index is 1.36. The number of thiocarbonyl (C=S) groups is 1. The van der Waals surface area contributed by atoms with Gasteiger partial charge in [-0.3, -0.25) is 9.69 Å². The number of nitrogens with zero attached hydrogens (tertiary/aromatic N) is 1. The van der Waals surface area contributed by atoms with Crippen LogP contribution < -0.4 is 23.8 Å². The lowest BCUT2D eigenvalue weighted by Gasteiger charge is -2.17. The van der Waals surface area contributed by atoms with Gasteiger partial charge in [0.25, 0.3) is 5.91 Å². The quantitative estimate of drug-likeness (QED) is 0.219. The number of methoxy groups -OCH3 is 2. The van der Waals surface area contributed by atoms with E-state index >= 15 is 0 Å². The molecule has 3 aromatic rings. The number of anilines is 1. The summed E-state index contributed by atoms with van der Waals surface area (Å²) in [5.74, 6) is 2.49. The summed E-state index contributed by atoms with van der Waals surface area (Å²) in [6.07, 6.45) is 1.82. The summed E-state index contributed by atoms with van der Waals surface area (Å²) in [6.45, 7) is 0.766. The van der Waals surface area contributed by atoms with Gasteiger partial charge in [-0.1, -0.05) is 60.4 Å². The van der Waals surface area contributed by atoms with E-state index in [2.05, 4.69) is 0 Å². The van der Waals surface area contributed by atoms with Crippen molar-refractivity contribution in [2.24, 2.45) is 0 Å². The average molecular weight is 494 g/mol. The maximum atomic E-state index is 13.0. The molecule has 0 saturated carbocycles. The summed E-state index contributed by atoms with van der Waals surface area (Å²) in [7, 11) is 3.18. The molecule has 3 aromatic carbocycles. The van der Waals surface area contributed by atoms with E-state index in [1.165, 1.54) is 16.7 Å². The molecule has 0 bridgehead atoms. The minimum absolute atomic E-state index is 0.173. The van der Waals surface area contributed by atoms with Crippen molar-refractivity contribution < 1.29 is 23.7 Å². The summed E-state index contributed by atoms with van der Waals surface area (Å²) in [5, 5.41) is 0. The molecular weight excluding hydrogens is 470 g/mol. The maximum absolute atomic E-state index is 13.0. The number of thioether (sulfide) groups is 1. The summed E-state index contributed by atoms with van der Waals surface area (Å²) >= 11 is 6.73. The van der Waals surface area contributed by atoms with E-state index in [9.17, 15) is 4.79 Å². The summed E-state index contributed by atoms with van der Waals surface area (Å²) < 4.78 is 22.6. The fraction of sp³-hybridized carbons (Fsp3) is 0.154. The van der Waals surface area contributed by atoms with E-state index in [1.807, 2.05) is 72.8 Å². The van der Waals surface area contributed by atoms with Crippen LogP contribution >= 0.6 is 24.0 Å². The Morgan fingerprint density at radius 3 is 2.15 bits per heavy atom. The van der Waals surface area contributed by atoms with Crippen LogP contribution in [0, 0.1) is 0 Å². The van der Waals surface area contributed by atoms with Gasteiger partial charge in [-0.15, -0.1) is 0 Å². The lowest BCUT2D eigenvalue weighted by Crippen LogP contribution is -2.27. The van der Waals surface area contributed by atoms with E-state index in [4.69, 9.17) is 31.2 Å². The highest BCUT2D eigenvalue weighted by Gasteiger charge is 2.34. The number of benzene rings is 3. The lowest BCUT2D eigenvalue weighted by atomic mass is 10.2. The summed E-state index contributed by atoms with van der Waals surface area (Å²) in [6, 6.07) is 22.3. The van der Waals surface area contributed by atoms with Crippen molar-refractivity contribution in [3.05, 3.63) is 83.3 Å². The van der Waals surface area contributed by atoms with Crippen LogP contribution in [0.1, 0.15) is 5.56 Å². The van der Waals surface area contributed by atoms with Crippen LogP contribution in [0.5, 0.6) is 23.0 Å². The summed E-state index contributed by atoms with van der Waals surface area (Å²) in [5.41, 5.74) is 1.51. The number of rotatable bonds is 9. The van der Waals surface area contributed by atoms with Crippen molar-refractivity contribution in [2.45, 2.75) is 0 Å². The van der Waals surface area contributed by atoms with E-state index in [0.29, 0.717) is 51.1 Å². The molecule has 34 heavy (non-hydrogen) atoms. The second-order valence-corrected chi connectivity index (χ2v) is 8.78. The molecule has 0 radical (unpaired) electrons. The Bertz CT molecular complexity index is 1210. The van der Waals surface area contributed by atoms with Crippen LogP contribution in [0.4, 0.5) is 5.69 Å². The number of carbonyl (C=O) groups excluding carboxylic acids is 1. The maximum Gasteiger partial charge on any atom is 0.270 e. The summed E-state index contributed by atoms with van der Waals surface area (Å²) in [4.78, 5) is 15.1. The SMILES string of the molecule is COc1ccccc1OCCOc1ccc(/C=C2\SC(=S)N(c3ccccc3OC)C2=O)cc1. The Labute approximate surface area is 208 Å². The molecule has 1 aliphatic rings. The third-order valence-corrected chi connectivity index (χ3v) is 6.28. The minimum Gasteiger partial charge on any atom is -0.495 e. The van der Waals surface area contributed by atoms with Gasteiger partial charge in [-0.2, -0.15) is 0 Å². The van der Waals surface area contributed by atoms with Crippen molar-refractivity contribution in [3.8, 4) is 23.0 Å². The molecule has 0 N–H and O–H groups in total. The predicted molar refractivity (Wildman–Crippen MR) is 139 cm³/mol. The highest BCUT2D eigenvalue weighted by molar-refractivity contribution is 8.27. The van der Waals surface area contributed by atoms with Gasteiger partial charge in [0.1, 0.15) is 24.7 Å². The molecule has 1 fully saturated rings. The molecule has 1 saturated heterocycles. The van der Waals surface area contributed by atoms with Crippen LogP contribution in [0.15, 0.2) is 77.7 Å². The molecule has 1 aliphatic heterocycles. The molecule has 4 rings (SSSR count). The van der Waals surface area contributed by atoms with Crippen molar-refractivity contribution in [1.29, 1.82) is 0 Å². The van der Waals surface area contributed by atoms with Crippen molar-refractivity contribution >= 4 is 46.0 Å². The van der Waals surface area contributed by atoms with Crippen molar-refractivity contribution in [3.63, 3.8) is 0 Å².